The Morgan fingerprint density at radius 3 is 2.23 bits per heavy atom. The predicted octanol–water partition coefficient (Wildman–Crippen LogP) is 3.65. The summed E-state index contributed by atoms with van der Waals surface area (Å²) in [4.78, 5) is 17.5. The summed E-state index contributed by atoms with van der Waals surface area (Å²) >= 11 is 0. The number of hydrogen-bond donors (Lipinski definition) is 0. The molecule has 35 heavy (non-hydrogen) atoms. The molecule has 190 valence electrons. The van der Waals surface area contributed by atoms with Gasteiger partial charge in [-0.25, -0.2) is 0 Å². The van der Waals surface area contributed by atoms with Crippen molar-refractivity contribution in [3.63, 3.8) is 0 Å². The number of carbonyl (C=O) groups excluding carboxylic acids is 1. The van der Waals surface area contributed by atoms with Crippen LogP contribution in [0.3, 0.4) is 0 Å². The van der Waals surface area contributed by atoms with Crippen LogP contribution >= 0.6 is 0 Å². The van der Waals surface area contributed by atoms with Crippen LogP contribution in [0.5, 0.6) is 28.7 Å². The molecule has 0 radical (unpaired) electrons. The molecule has 1 fully saturated rings. The van der Waals surface area contributed by atoms with Crippen molar-refractivity contribution in [1.29, 1.82) is 0 Å². The van der Waals surface area contributed by atoms with E-state index in [1.54, 1.807) is 40.6 Å². The summed E-state index contributed by atoms with van der Waals surface area (Å²) in [6.07, 6.45) is 2.93. The topological polar surface area (TPSA) is 69.7 Å². The average molecular weight is 485 g/mol. The quantitative estimate of drug-likeness (QED) is 0.566. The highest BCUT2D eigenvalue weighted by molar-refractivity contribution is 5.95. The summed E-state index contributed by atoms with van der Waals surface area (Å²) in [6, 6.07) is 9.50. The average Bonchev–Trinajstić information content (AvgIpc) is 2.90. The van der Waals surface area contributed by atoms with E-state index in [2.05, 4.69) is 17.9 Å². The molecule has 2 aliphatic rings. The first-order valence-electron chi connectivity index (χ1n) is 12.1. The number of carbonyl (C=O) groups is 1. The summed E-state index contributed by atoms with van der Waals surface area (Å²) in [5.74, 6) is 3.16. The molecule has 1 unspecified atom stereocenters. The maximum Gasteiger partial charge on any atom is 0.254 e. The zero-order valence-corrected chi connectivity index (χ0v) is 21.4. The Morgan fingerprint density at radius 2 is 1.63 bits per heavy atom. The molecule has 0 bridgehead atoms. The lowest BCUT2D eigenvalue weighted by molar-refractivity contribution is 0.0344. The zero-order chi connectivity index (χ0) is 25.0. The minimum atomic E-state index is -0.206. The van der Waals surface area contributed by atoms with Crippen LogP contribution in [0.1, 0.15) is 35.7 Å². The van der Waals surface area contributed by atoms with Gasteiger partial charge in [-0.2, -0.15) is 0 Å². The highest BCUT2D eigenvalue weighted by Crippen LogP contribution is 2.39. The van der Waals surface area contributed by atoms with Gasteiger partial charge < -0.3 is 28.6 Å². The third-order valence-electron chi connectivity index (χ3n) is 7.08. The monoisotopic (exact) mass is 484 g/mol. The number of hydrogen-bond acceptors (Lipinski definition) is 7. The summed E-state index contributed by atoms with van der Waals surface area (Å²) in [5.41, 5.74) is 1.56. The maximum atomic E-state index is 13.2. The van der Waals surface area contributed by atoms with Crippen LogP contribution in [0.15, 0.2) is 30.3 Å². The number of nitrogens with zero attached hydrogens (tertiary/aromatic N) is 2. The molecule has 0 aromatic heterocycles. The van der Waals surface area contributed by atoms with Gasteiger partial charge in [-0.05, 0) is 49.9 Å². The van der Waals surface area contributed by atoms with Crippen LogP contribution in [0.4, 0.5) is 0 Å². The highest BCUT2D eigenvalue weighted by Gasteiger charge is 2.33. The van der Waals surface area contributed by atoms with E-state index in [0.717, 1.165) is 50.4 Å². The van der Waals surface area contributed by atoms with E-state index < -0.39 is 0 Å². The first-order chi connectivity index (χ1) is 16.9. The van der Waals surface area contributed by atoms with Crippen molar-refractivity contribution < 1.29 is 28.5 Å². The van der Waals surface area contributed by atoms with E-state index in [1.807, 2.05) is 17.0 Å². The van der Waals surface area contributed by atoms with Gasteiger partial charge in [0, 0.05) is 44.4 Å². The molecule has 0 saturated carbocycles. The highest BCUT2D eigenvalue weighted by atomic mass is 16.5. The Hall–Kier alpha value is -3.13. The zero-order valence-electron chi connectivity index (χ0n) is 21.4. The van der Waals surface area contributed by atoms with Gasteiger partial charge in [0.2, 0.25) is 5.75 Å². The molecule has 0 N–H and O–H groups in total. The van der Waals surface area contributed by atoms with Gasteiger partial charge in [-0.3, -0.25) is 9.69 Å². The van der Waals surface area contributed by atoms with Crippen LogP contribution < -0.4 is 23.7 Å². The maximum absolute atomic E-state index is 13.2. The molecule has 8 nitrogen and oxygen atoms in total. The molecule has 0 spiro atoms. The van der Waals surface area contributed by atoms with Crippen LogP contribution in [0, 0.1) is 0 Å². The third-order valence-corrected chi connectivity index (χ3v) is 7.08. The fraction of sp³-hybridized carbons (Fsp3) is 0.519. The summed E-state index contributed by atoms with van der Waals surface area (Å²) in [7, 11) is 6.33. The molecular formula is C27H36N2O6. The van der Waals surface area contributed by atoms with E-state index in [4.69, 9.17) is 23.7 Å². The van der Waals surface area contributed by atoms with Crippen molar-refractivity contribution >= 4 is 5.91 Å². The fourth-order valence-electron chi connectivity index (χ4n) is 4.81. The van der Waals surface area contributed by atoms with E-state index >= 15 is 0 Å². The minimum Gasteiger partial charge on any atom is -0.497 e. The Morgan fingerprint density at radius 1 is 0.943 bits per heavy atom. The van der Waals surface area contributed by atoms with Crippen LogP contribution in [0.2, 0.25) is 0 Å². The van der Waals surface area contributed by atoms with Gasteiger partial charge in [-0.1, -0.05) is 6.07 Å². The summed E-state index contributed by atoms with van der Waals surface area (Å²) in [5, 5.41) is 0. The number of amides is 1. The van der Waals surface area contributed by atoms with Crippen molar-refractivity contribution in [3.8, 4) is 28.7 Å². The van der Waals surface area contributed by atoms with Crippen molar-refractivity contribution in [2.45, 2.75) is 31.8 Å². The van der Waals surface area contributed by atoms with Crippen LogP contribution in [-0.2, 0) is 6.42 Å². The van der Waals surface area contributed by atoms with E-state index in [0.29, 0.717) is 35.9 Å². The van der Waals surface area contributed by atoms with Gasteiger partial charge in [-0.15, -0.1) is 0 Å². The van der Waals surface area contributed by atoms with Gasteiger partial charge in [0.25, 0.3) is 5.91 Å². The molecule has 1 atom stereocenters. The Balaban J connectivity index is 1.32. The Kier molecular flexibility index (Phi) is 7.60. The van der Waals surface area contributed by atoms with Crippen molar-refractivity contribution in [2.75, 3.05) is 61.2 Å². The second-order valence-corrected chi connectivity index (χ2v) is 9.32. The molecule has 1 saturated heterocycles. The standard InChI is InChI=1S/C27H36N2O6/c1-27(9-8-19-6-7-21(31-2)18-22(19)35-27)10-11-28-12-14-29(15-13-28)26(30)20-16-23(32-3)25(34-5)24(17-20)33-4/h6-7,16-18H,8-15H2,1-5H3. The Labute approximate surface area is 207 Å². The van der Waals surface area contributed by atoms with Gasteiger partial charge in [0.05, 0.1) is 28.4 Å². The van der Waals surface area contributed by atoms with Gasteiger partial charge in [0.1, 0.15) is 17.1 Å². The number of rotatable bonds is 8. The van der Waals surface area contributed by atoms with Crippen LogP contribution in [0.25, 0.3) is 0 Å². The second-order valence-electron chi connectivity index (χ2n) is 9.32. The number of benzene rings is 2. The number of fused-ring (bicyclic) bond motifs is 1. The molecule has 4 rings (SSSR count). The fourth-order valence-corrected chi connectivity index (χ4v) is 4.81. The molecule has 2 heterocycles. The van der Waals surface area contributed by atoms with Crippen molar-refractivity contribution in [3.05, 3.63) is 41.5 Å². The molecule has 2 aromatic rings. The van der Waals surface area contributed by atoms with Crippen molar-refractivity contribution in [2.24, 2.45) is 0 Å². The largest absolute Gasteiger partial charge is 0.497 e. The van der Waals surface area contributed by atoms with E-state index in [-0.39, 0.29) is 11.5 Å². The second kappa shape index (κ2) is 10.6. The van der Waals surface area contributed by atoms with E-state index in [1.165, 1.54) is 5.56 Å². The summed E-state index contributed by atoms with van der Waals surface area (Å²) in [6.45, 7) is 6.13. The lowest BCUT2D eigenvalue weighted by Crippen LogP contribution is -2.50. The molecule has 2 aromatic carbocycles. The number of methoxy groups -OCH3 is 4. The SMILES string of the molecule is COc1ccc2c(c1)OC(C)(CCN1CCN(C(=O)c3cc(OC)c(OC)c(OC)c3)CC1)CC2. The first-order valence-corrected chi connectivity index (χ1v) is 12.1. The summed E-state index contributed by atoms with van der Waals surface area (Å²) < 4.78 is 28.0. The smallest absolute Gasteiger partial charge is 0.254 e. The number of piperazine rings is 1. The molecule has 8 heteroatoms. The van der Waals surface area contributed by atoms with E-state index in [9.17, 15) is 4.79 Å². The Bertz CT molecular complexity index is 1020. The molecule has 0 aliphatic carbocycles. The lowest BCUT2D eigenvalue weighted by atomic mass is 9.89. The lowest BCUT2D eigenvalue weighted by Gasteiger charge is -2.39. The number of aryl methyl sites for hydroxylation is 1. The molecule has 1 amide bonds. The van der Waals surface area contributed by atoms with Crippen molar-refractivity contribution in [1.82, 2.24) is 9.80 Å². The number of ether oxygens (including phenoxy) is 5. The third kappa shape index (κ3) is 5.42. The van der Waals surface area contributed by atoms with Crippen LogP contribution in [-0.4, -0.2) is 82.5 Å². The van der Waals surface area contributed by atoms with Gasteiger partial charge in [0.15, 0.2) is 11.5 Å². The minimum absolute atomic E-state index is 0.0305. The predicted molar refractivity (Wildman–Crippen MR) is 133 cm³/mol. The first kappa shape index (κ1) is 25.0. The molecule has 2 aliphatic heterocycles. The normalized spacial score (nSPS) is 20.0. The van der Waals surface area contributed by atoms with Gasteiger partial charge >= 0.3 is 0 Å². The molecular weight excluding hydrogens is 448 g/mol.